The summed E-state index contributed by atoms with van der Waals surface area (Å²) in [5, 5.41) is 19.8. The fourth-order valence-electron chi connectivity index (χ4n) is 4.33. The van der Waals surface area contributed by atoms with Gasteiger partial charge >= 0.3 is 0 Å². The smallest absolute Gasteiger partial charge is 0.250 e. The van der Waals surface area contributed by atoms with Crippen molar-refractivity contribution in [2.24, 2.45) is 0 Å². The maximum absolute atomic E-state index is 13.8. The molecule has 148 valence electrons. The third-order valence-corrected chi connectivity index (χ3v) is 5.41. The van der Waals surface area contributed by atoms with E-state index in [1.165, 1.54) is 0 Å². The molecule has 8 nitrogen and oxygen atoms in total. The van der Waals surface area contributed by atoms with E-state index in [-0.39, 0.29) is 57.4 Å². The average Bonchev–Trinajstić information content (AvgIpc) is 3.33. The standard InChI is InChI=1S/C22H6F2N8/c1-27-13(5-25)17-9-3-11-22(30-8-16(24)31-11)20(9)18(14(6-26)28-2)10-4-12-21(19(10)17)29-7-15(23)32-12/h7-8H,3-4H2/b17-13-,18-14+. The van der Waals surface area contributed by atoms with E-state index < -0.39 is 11.9 Å². The summed E-state index contributed by atoms with van der Waals surface area (Å²) in [6.45, 7) is 15.0. The number of rotatable bonds is 0. The number of halogens is 2. The van der Waals surface area contributed by atoms with Crippen molar-refractivity contribution in [3.05, 3.63) is 80.1 Å². The molecule has 0 fully saturated rings. The SMILES string of the molecule is [C-]#[N+]/C(C#N)=c1/c2c(/c(=C(\C#N)[N+]#[C-])c3c1-c1ncc(F)nc1C3)-c1ncc(F)nc1C2. The average molecular weight is 420 g/mol. The molecule has 0 unspecified atom stereocenters. The molecule has 0 N–H and O–H groups in total. The Kier molecular flexibility index (Phi) is 3.99. The fourth-order valence-corrected chi connectivity index (χ4v) is 4.33. The minimum atomic E-state index is -0.803. The molecule has 0 bridgehead atoms. The van der Waals surface area contributed by atoms with Crippen LogP contribution in [-0.2, 0) is 12.8 Å². The normalized spacial score (nSPS) is 13.9. The lowest BCUT2D eigenvalue weighted by atomic mass is 9.92. The molecule has 10 heteroatoms. The number of fused-ring (bicyclic) bond motifs is 6. The van der Waals surface area contributed by atoms with Crippen LogP contribution in [0.25, 0.3) is 43.6 Å². The first-order valence-corrected chi connectivity index (χ1v) is 9.07. The van der Waals surface area contributed by atoms with Gasteiger partial charge in [0.15, 0.2) is 0 Å². The van der Waals surface area contributed by atoms with Crippen molar-refractivity contribution in [1.82, 2.24) is 19.9 Å². The van der Waals surface area contributed by atoms with Crippen LogP contribution in [0.5, 0.6) is 0 Å². The summed E-state index contributed by atoms with van der Waals surface area (Å²) >= 11 is 0. The molecule has 2 aliphatic carbocycles. The maximum atomic E-state index is 13.8. The monoisotopic (exact) mass is 420 g/mol. The van der Waals surface area contributed by atoms with Crippen molar-refractivity contribution < 1.29 is 8.78 Å². The second-order valence-electron chi connectivity index (χ2n) is 6.93. The zero-order valence-electron chi connectivity index (χ0n) is 15.9. The Hall–Kier alpha value is -5.06. The van der Waals surface area contributed by atoms with Gasteiger partial charge in [-0.05, 0) is 11.1 Å². The van der Waals surface area contributed by atoms with Crippen LogP contribution in [0.2, 0.25) is 0 Å². The quantitative estimate of drug-likeness (QED) is 0.354. The van der Waals surface area contributed by atoms with Crippen LogP contribution in [0.15, 0.2) is 12.4 Å². The molecule has 0 amide bonds. The zero-order chi connectivity index (χ0) is 22.6. The number of hydrogen-bond acceptors (Lipinski definition) is 6. The second-order valence-corrected chi connectivity index (χ2v) is 6.93. The molecular weight excluding hydrogens is 414 g/mol. The van der Waals surface area contributed by atoms with Gasteiger partial charge in [-0.25, -0.2) is 40.1 Å². The molecule has 3 aromatic rings. The summed E-state index contributed by atoms with van der Waals surface area (Å²) in [7, 11) is 0. The minimum absolute atomic E-state index is 0.0341. The van der Waals surface area contributed by atoms with Gasteiger partial charge < -0.3 is 0 Å². The highest BCUT2D eigenvalue weighted by Gasteiger charge is 2.34. The highest BCUT2D eigenvalue weighted by Crippen LogP contribution is 2.37. The van der Waals surface area contributed by atoms with Gasteiger partial charge in [-0.1, -0.05) is 0 Å². The van der Waals surface area contributed by atoms with Gasteiger partial charge in [0.2, 0.25) is 11.9 Å². The number of nitrogens with zero attached hydrogens (tertiary/aromatic N) is 8. The number of nitriles is 2. The Bertz CT molecular complexity index is 1540. The van der Waals surface area contributed by atoms with Gasteiger partial charge in [0.25, 0.3) is 11.4 Å². The van der Waals surface area contributed by atoms with Gasteiger partial charge in [0.05, 0.1) is 60.5 Å². The van der Waals surface area contributed by atoms with Crippen LogP contribution >= 0.6 is 0 Å². The molecule has 0 atom stereocenters. The molecule has 2 heterocycles. The molecule has 0 saturated heterocycles. The highest BCUT2D eigenvalue weighted by molar-refractivity contribution is 5.90. The van der Waals surface area contributed by atoms with Crippen molar-refractivity contribution >= 4 is 11.4 Å². The largest absolute Gasteiger partial charge is 0.269 e. The van der Waals surface area contributed by atoms with Crippen molar-refractivity contribution in [3.63, 3.8) is 0 Å². The van der Waals surface area contributed by atoms with Crippen molar-refractivity contribution in [2.45, 2.75) is 12.8 Å². The Morgan fingerprint density at radius 1 is 0.812 bits per heavy atom. The Balaban J connectivity index is 2.12. The number of hydrogen-bond donors (Lipinski definition) is 0. The molecule has 0 spiro atoms. The van der Waals surface area contributed by atoms with Crippen LogP contribution in [0, 0.1) is 47.7 Å². The van der Waals surface area contributed by atoms with E-state index in [2.05, 4.69) is 29.6 Å². The van der Waals surface area contributed by atoms with Crippen molar-refractivity contribution in [2.75, 3.05) is 0 Å². The summed E-state index contributed by atoms with van der Waals surface area (Å²) in [6.07, 6.45) is 1.91. The predicted molar refractivity (Wildman–Crippen MR) is 105 cm³/mol. The third kappa shape index (κ3) is 2.41. The van der Waals surface area contributed by atoms with E-state index in [4.69, 9.17) is 13.1 Å². The molecule has 5 rings (SSSR count). The second kappa shape index (κ2) is 6.74. The van der Waals surface area contributed by atoms with Crippen LogP contribution in [0.1, 0.15) is 22.5 Å². The molecular formula is C22H6F2N8. The highest BCUT2D eigenvalue weighted by atomic mass is 19.1. The predicted octanol–water partition coefficient (Wildman–Crippen LogP) is 1.79. The van der Waals surface area contributed by atoms with E-state index in [0.29, 0.717) is 22.3 Å². The molecule has 0 aliphatic heterocycles. The van der Waals surface area contributed by atoms with E-state index >= 15 is 0 Å². The molecule has 1 aromatic carbocycles. The fraction of sp³-hybridized carbons (Fsp3) is 0.0909. The van der Waals surface area contributed by atoms with Gasteiger partial charge in [0, 0.05) is 34.4 Å². The number of aromatic nitrogens is 4. The van der Waals surface area contributed by atoms with Gasteiger partial charge in [-0.2, -0.15) is 8.78 Å². The Morgan fingerprint density at radius 3 is 1.56 bits per heavy atom. The molecule has 0 saturated carbocycles. The first-order chi connectivity index (χ1) is 15.5. The molecule has 0 radical (unpaired) electrons. The van der Waals surface area contributed by atoms with Gasteiger partial charge in [0.1, 0.15) is 0 Å². The Labute approximate surface area is 178 Å². The van der Waals surface area contributed by atoms with E-state index in [0.717, 1.165) is 12.4 Å². The van der Waals surface area contributed by atoms with Crippen molar-refractivity contribution in [3.8, 4) is 34.7 Å². The van der Waals surface area contributed by atoms with Gasteiger partial charge in [-0.15, -0.1) is 0 Å². The van der Waals surface area contributed by atoms with E-state index in [1.54, 1.807) is 0 Å². The van der Waals surface area contributed by atoms with E-state index in [1.807, 2.05) is 12.1 Å². The lowest BCUT2D eigenvalue weighted by Gasteiger charge is -2.12. The molecule has 2 aliphatic rings. The molecule has 2 aromatic heterocycles. The van der Waals surface area contributed by atoms with E-state index in [9.17, 15) is 19.3 Å². The lowest BCUT2D eigenvalue weighted by Crippen LogP contribution is -2.26. The zero-order valence-corrected chi connectivity index (χ0v) is 15.9. The third-order valence-electron chi connectivity index (χ3n) is 5.41. The summed E-state index contributed by atoms with van der Waals surface area (Å²) in [4.78, 5) is 22.7. The van der Waals surface area contributed by atoms with Gasteiger partial charge in [-0.3, -0.25) is 0 Å². The first-order valence-electron chi connectivity index (χ1n) is 9.07. The Morgan fingerprint density at radius 2 is 1.22 bits per heavy atom. The van der Waals surface area contributed by atoms with Crippen LogP contribution in [0.3, 0.4) is 0 Å². The maximum Gasteiger partial charge on any atom is 0.269 e. The number of benzene rings is 1. The molecule has 32 heavy (non-hydrogen) atoms. The summed E-state index contributed by atoms with van der Waals surface area (Å²) in [5.41, 5.74) is 2.09. The summed E-state index contributed by atoms with van der Waals surface area (Å²) < 4.78 is 27.6. The topological polar surface area (TPSA) is 108 Å². The first kappa shape index (κ1) is 18.9. The van der Waals surface area contributed by atoms with Crippen molar-refractivity contribution in [1.29, 1.82) is 10.5 Å². The lowest BCUT2D eigenvalue weighted by molar-refractivity contribution is 0.572. The summed E-state index contributed by atoms with van der Waals surface area (Å²) in [5.74, 6) is -1.61. The summed E-state index contributed by atoms with van der Waals surface area (Å²) in [6, 6.07) is 3.76. The van der Waals surface area contributed by atoms with Crippen LogP contribution in [0.4, 0.5) is 8.78 Å². The van der Waals surface area contributed by atoms with Crippen LogP contribution < -0.4 is 10.4 Å². The van der Waals surface area contributed by atoms with Crippen LogP contribution in [-0.4, -0.2) is 19.9 Å². The minimum Gasteiger partial charge on any atom is -0.250 e.